The number of sulfonamides is 1. The van der Waals surface area contributed by atoms with Gasteiger partial charge in [0.15, 0.2) is 9.84 Å². The van der Waals surface area contributed by atoms with Gasteiger partial charge in [-0.2, -0.15) is 4.31 Å². The molecule has 20 heavy (non-hydrogen) atoms. The van der Waals surface area contributed by atoms with Crippen LogP contribution < -0.4 is 0 Å². The summed E-state index contributed by atoms with van der Waals surface area (Å²) in [7, 11) is -7.19. The predicted octanol–water partition coefficient (Wildman–Crippen LogP) is -0.167. The summed E-state index contributed by atoms with van der Waals surface area (Å²) in [4.78, 5) is 11.3. The van der Waals surface area contributed by atoms with Crippen LogP contribution in [0.4, 0.5) is 0 Å². The molecule has 2 unspecified atom stereocenters. The molecular formula is C11H19NO6S2. The Labute approximate surface area is 118 Å². The molecule has 0 radical (unpaired) electrons. The van der Waals surface area contributed by atoms with Crippen molar-refractivity contribution in [2.75, 3.05) is 18.1 Å². The van der Waals surface area contributed by atoms with Gasteiger partial charge in [-0.15, -0.1) is 0 Å². The Morgan fingerprint density at radius 2 is 1.85 bits per heavy atom. The SMILES string of the molecule is O=C(O)C1CCCCCN1S(=O)(=O)C1CCS(=O)(=O)C1. The summed E-state index contributed by atoms with van der Waals surface area (Å²) in [5.41, 5.74) is 0. The van der Waals surface area contributed by atoms with E-state index in [0.29, 0.717) is 12.8 Å². The molecule has 2 aliphatic heterocycles. The largest absolute Gasteiger partial charge is 0.480 e. The number of nitrogens with zero attached hydrogens (tertiary/aromatic N) is 1. The van der Waals surface area contributed by atoms with Gasteiger partial charge in [0.25, 0.3) is 0 Å². The molecule has 0 aromatic carbocycles. The summed E-state index contributed by atoms with van der Waals surface area (Å²) in [5.74, 6) is -1.68. The molecule has 0 aliphatic carbocycles. The third-order valence-corrected chi connectivity index (χ3v) is 8.24. The minimum absolute atomic E-state index is 0.0630. The first kappa shape index (κ1) is 15.7. The summed E-state index contributed by atoms with van der Waals surface area (Å²) in [5, 5.41) is 8.23. The average Bonchev–Trinajstić information content (AvgIpc) is 2.59. The van der Waals surface area contributed by atoms with E-state index in [0.717, 1.165) is 10.7 Å². The Bertz CT molecular complexity index is 582. The molecule has 7 nitrogen and oxygen atoms in total. The molecule has 116 valence electrons. The second kappa shape index (κ2) is 5.61. The summed E-state index contributed by atoms with van der Waals surface area (Å²) in [6, 6.07) is -1.06. The number of hydrogen-bond acceptors (Lipinski definition) is 5. The van der Waals surface area contributed by atoms with Crippen LogP contribution >= 0.6 is 0 Å². The highest BCUT2D eigenvalue weighted by Gasteiger charge is 2.44. The zero-order valence-corrected chi connectivity index (χ0v) is 12.7. The number of rotatable bonds is 3. The molecule has 2 atom stereocenters. The van der Waals surface area contributed by atoms with Gasteiger partial charge in [-0.3, -0.25) is 4.79 Å². The van der Waals surface area contributed by atoms with Crippen molar-refractivity contribution in [1.82, 2.24) is 4.31 Å². The Kier molecular flexibility index (Phi) is 4.41. The van der Waals surface area contributed by atoms with Crippen molar-refractivity contribution < 1.29 is 26.7 Å². The molecule has 0 amide bonds. The molecule has 0 aromatic heterocycles. The lowest BCUT2D eigenvalue weighted by molar-refractivity contribution is -0.141. The molecule has 2 fully saturated rings. The third kappa shape index (κ3) is 3.15. The number of hydrogen-bond donors (Lipinski definition) is 1. The average molecular weight is 325 g/mol. The molecule has 0 spiro atoms. The molecule has 2 rings (SSSR count). The highest BCUT2D eigenvalue weighted by atomic mass is 32.2. The maximum absolute atomic E-state index is 12.5. The first-order chi connectivity index (χ1) is 9.24. The maximum atomic E-state index is 12.5. The monoisotopic (exact) mass is 325 g/mol. The second-order valence-corrected chi connectivity index (χ2v) is 9.78. The molecule has 1 N–H and O–H groups in total. The lowest BCUT2D eigenvalue weighted by Gasteiger charge is -2.28. The van der Waals surface area contributed by atoms with Crippen LogP contribution in [0, 0.1) is 0 Å². The fourth-order valence-electron chi connectivity index (χ4n) is 2.82. The Morgan fingerprint density at radius 1 is 1.15 bits per heavy atom. The number of carboxylic acid groups (broad SMARTS) is 1. The molecule has 2 aliphatic rings. The standard InChI is InChI=1S/C11H19NO6S2/c13-11(14)10-4-2-1-3-6-12(10)20(17,18)9-5-7-19(15,16)8-9/h9-10H,1-8H2,(H,13,14). The summed E-state index contributed by atoms with van der Waals surface area (Å²) >= 11 is 0. The zero-order valence-electron chi connectivity index (χ0n) is 11.1. The Morgan fingerprint density at radius 3 is 2.40 bits per heavy atom. The quantitative estimate of drug-likeness (QED) is 0.772. The smallest absolute Gasteiger partial charge is 0.322 e. The van der Waals surface area contributed by atoms with E-state index in [1.54, 1.807) is 0 Å². The topological polar surface area (TPSA) is 109 Å². The van der Waals surface area contributed by atoms with Crippen LogP contribution in [0.5, 0.6) is 0 Å². The minimum Gasteiger partial charge on any atom is -0.480 e. The first-order valence-electron chi connectivity index (χ1n) is 6.68. The van der Waals surface area contributed by atoms with Gasteiger partial charge in [-0.1, -0.05) is 12.8 Å². The van der Waals surface area contributed by atoms with Crippen LogP contribution in [-0.4, -0.2) is 61.6 Å². The zero-order chi connectivity index (χ0) is 15.0. The van der Waals surface area contributed by atoms with Crippen molar-refractivity contribution in [2.24, 2.45) is 0 Å². The number of carboxylic acids is 1. The van der Waals surface area contributed by atoms with E-state index >= 15 is 0 Å². The van der Waals surface area contributed by atoms with Gasteiger partial charge in [-0.25, -0.2) is 16.8 Å². The number of carbonyl (C=O) groups is 1. The molecule has 0 saturated carbocycles. The van der Waals surface area contributed by atoms with Crippen LogP contribution in [0.2, 0.25) is 0 Å². The molecular weight excluding hydrogens is 306 g/mol. The van der Waals surface area contributed by atoms with E-state index < -0.39 is 42.9 Å². The van der Waals surface area contributed by atoms with Crippen molar-refractivity contribution in [2.45, 2.75) is 43.4 Å². The first-order valence-corrected chi connectivity index (χ1v) is 10.0. The molecule has 0 aromatic rings. The number of sulfone groups is 1. The van der Waals surface area contributed by atoms with Gasteiger partial charge in [0.2, 0.25) is 10.0 Å². The van der Waals surface area contributed by atoms with Gasteiger partial charge in [0.1, 0.15) is 6.04 Å². The van der Waals surface area contributed by atoms with Gasteiger partial charge < -0.3 is 5.11 Å². The summed E-state index contributed by atoms with van der Waals surface area (Å²) in [6.45, 7) is 0.163. The van der Waals surface area contributed by atoms with E-state index in [2.05, 4.69) is 0 Å². The van der Waals surface area contributed by atoms with Gasteiger partial charge in [0.05, 0.1) is 16.8 Å². The van der Waals surface area contributed by atoms with E-state index in [-0.39, 0.29) is 25.1 Å². The minimum atomic E-state index is -3.88. The van der Waals surface area contributed by atoms with E-state index in [1.807, 2.05) is 0 Å². The lowest BCUT2D eigenvalue weighted by Crippen LogP contribution is -2.48. The van der Waals surface area contributed by atoms with E-state index in [1.165, 1.54) is 0 Å². The highest BCUT2D eigenvalue weighted by molar-refractivity contribution is 7.95. The van der Waals surface area contributed by atoms with Crippen LogP contribution in [0.1, 0.15) is 32.1 Å². The van der Waals surface area contributed by atoms with Crippen molar-refractivity contribution in [1.29, 1.82) is 0 Å². The molecule has 0 bridgehead atoms. The Hall–Kier alpha value is -0.670. The molecule has 2 saturated heterocycles. The lowest BCUT2D eigenvalue weighted by atomic mass is 10.1. The van der Waals surface area contributed by atoms with E-state index in [4.69, 9.17) is 0 Å². The normalized spacial score (nSPS) is 31.8. The molecule has 2 heterocycles. The van der Waals surface area contributed by atoms with Crippen LogP contribution in [-0.2, 0) is 24.7 Å². The number of aliphatic carboxylic acids is 1. The Balaban J connectivity index is 2.28. The van der Waals surface area contributed by atoms with Gasteiger partial charge in [-0.05, 0) is 19.3 Å². The fourth-order valence-corrected chi connectivity index (χ4v) is 7.56. The fraction of sp³-hybridized carbons (Fsp3) is 0.909. The molecule has 9 heteroatoms. The second-order valence-electron chi connectivity index (χ2n) is 5.38. The van der Waals surface area contributed by atoms with E-state index in [9.17, 15) is 26.7 Å². The van der Waals surface area contributed by atoms with Gasteiger partial charge >= 0.3 is 5.97 Å². The highest BCUT2D eigenvalue weighted by Crippen LogP contribution is 2.27. The maximum Gasteiger partial charge on any atom is 0.322 e. The third-order valence-electron chi connectivity index (χ3n) is 3.93. The van der Waals surface area contributed by atoms with Gasteiger partial charge in [0, 0.05) is 6.54 Å². The van der Waals surface area contributed by atoms with Crippen molar-refractivity contribution in [3.05, 3.63) is 0 Å². The summed E-state index contributed by atoms with van der Waals surface area (Å²) < 4.78 is 49.0. The summed E-state index contributed by atoms with van der Waals surface area (Å²) in [6.07, 6.45) is 2.43. The van der Waals surface area contributed by atoms with Crippen molar-refractivity contribution >= 4 is 25.8 Å². The van der Waals surface area contributed by atoms with Crippen molar-refractivity contribution in [3.63, 3.8) is 0 Å². The van der Waals surface area contributed by atoms with Crippen LogP contribution in [0.15, 0.2) is 0 Å². The van der Waals surface area contributed by atoms with Crippen LogP contribution in [0.3, 0.4) is 0 Å². The van der Waals surface area contributed by atoms with Crippen LogP contribution in [0.25, 0.3) is 0 Å². The predicted molar refractivity (Wildman–Crippen MR) is 72.6 cm³/mol. The van der Waals surface area contributed by atoms with Crippen molar-refractivity contribution in [3.8, 4) is 0 Å².